The monoisotopic (exact) mass is 438 g/mol. The van der Waals surface area contributed by atoms with E-state index in [2.05, 4.69) is 24.7 Å². The van der Waals surface area contributed by atoms with Crippen molar-refractivity contribution in [2.24, 2.45) is 0 Å². The lowest BCUT2D eigenvalue weighted by Gasteiger charge is -2.11. The summed E-state index contributed by atoms with van der Waals surface area (Å²) in [7, 11) is -3.76. The molecule has 0 aliphatic heterocycles. The van der Waals surface area contributed by atoms with Crippen LogP contribution in [0.3, 0.4) is 0 Å². The quantitative estimate of drug-likeness (QED) is 0.608. The molecule has 0 atom stereocenters. The van der Waals surface area contributed by atoms with Crippen molar-refractivity contribution in [1.29, 1.82) is 0 Å². The van der Waals surface area contributed by atoms with Gasteiger partial charge in [0.2, 0.25) is 15.9 Å². The van der Waals surface area contributed by atoms with Crippen molar-refractivity contribution in [2.45, 2.75) is 11.1 Å². The lowest BCUT2D eigenvalue weighted by molar-refractivity contribution is -0.154. The number of hydrogen-bond donors (Lipinski definition) is 2. The number of hydrogen-bond acceptors (Lipinski definition) is 6. The molecule has 13 heteroatoms. The zero-order valence-corrected chi connectivity index (χ0v) is 15.6. The Hall–Kier alpha value is -2.44. The maximum absolute atomic E-state index is 12.1. The highest BCUT2D eigenvalue weighted by molar-refractivity contribution is 7.89. The molecule has 0 aliphatic rings. The molecule has 1 amide bonds. The Labute approximate surface area is 163 Å². The first-order chi connectivity index (χ1) is 13.1. The number of amides is 1. The number of pyridine rings is 2. The second-order valence-corrected chi connectivity index (χ2v) is 7.43. The zero-order chi connectivity index (χ0) is 20.8. The van der Waals surface area contributed by atoms with E-state index in [1.807, 2.05) is 0 Å². The maximum atomic E-state index is 12.1. The predicted molar refractivity (Wildman–Crippen MR) is 92.6 cm³/mol. The third kappa shape index (κ3) is 6.62. The van der Waals surface area contributed by atoms with Crippen LogP contribution < -0.4 is 14.8 Å². The summed E-state index contributed by atoms with van der Waals surface area (Å²) in [5.41, 5.74) is -0.0283. The number of sulfonamides is 1. The lowest BCUT2D eigenvalue weighted by atomic mass is 10.2. The number of nitrogens with zero attached hydrogens (tertiary/aromatic N) is 2. The standard InChI is InChI=1S/C15H14ClF3N4O4S/c16-12-6-10(7-22-14(12)27-9-15(17,18)19)13(24)21-4-5-23-28(25,26)11-2-1-3-20-8-11/h1-3,6-8,23H,4-5,9H2,(H,21,24). The highest BCUT2D eigenvalue weighted by Gasteiger charge is 2.29. The number of rotatable bonds is 8. The van der Waals surface area contributed by atoms with Crippen molar-refractivity contribution in [3.8, 4) is 5.88 Å². The van der Waals surface area contributed by atoms with E-state index >= 15 is 0 Å². The van der Waals surface area contributed by atoms with Gasteiger partial charge in [0.25, 0.3) is 5.91 Å². The molecule has 0 fully saturated rings. The van der Waals surface area contributed by atoms with Crippen LogP contribution in [-0.2, 0) is 10.0 Å². The topological polar surface area (TPSA) is 110 Å². The average Bonchev–Trinajstić information content (AvgIpc) is 2.64. The van der Waals surface area contributed by atoms with Gasteiger partial charge in [-0.25, -0.2) is 18.1 Å². The molecule has 2 heterocycles. The van der Waals surface area contributed by atoms with Crippen LogP contribution in [-0.4, -0.2) is 50.2 Å². The van der Waals surface area contributed by atoms with Crippen molar-refractivity contribution in [3.63, 3.8) is 0 Å². The Kier molecular flexibility index (Phi) is 7.16. The molecule has 0 aromatic carbocycles. The molecule has 0 saturated heterocycles. The number of ether oxygens (including phenoxy) is 1. The van der Waals surface area contributed by atoms with E-state index in [9.17, 15) is 26.4 Å². The van der Waals surface area contributed by atoms with Crippen LogP contribution in [0.4, 0.5) is 13.2 Å². The summed E-state index contributed by atoms with van der Waals surface area (Å²) < 4.78 is 67.1. The Morgan fingerprint density at radius 2 is 2.00 bits per heavy atom. The molecular weight excluding hydrogens is 425 g/mol. The number of carbonyl (C=O) groups is 1. The minimum Gasteiger partial charge on any atom is -0.467 e. The summed E-state index contributed by atoms with van der Waals surface area (Å²) >= 11 is 5.76. The highest BCUT2D eigenvalue weighted by Crippen LogP contribution is 2.24. The number of halogens is 4. The first-order valence-corrected chi connectivity index (χ1v) is 9.47. The fourth-order valence-corrected chi connectivity index (χ4v) is 3.07. The van der Waals surface area contributed by atoms with E-state index < -0.39 is 34.6 Å². The molecule has 0 aliphatic carbocycles. The molecule has 2 N–H and O–H groups in total. The molecule has 28 heavy (non-hydrogen) atoms. The van der Waals surface area contributed by atoms with Crippen LogP contribution in [0.25, 0.3) is 0 Å². The van der Waals surface area contributed by atoms with Crippen LogP contribution >= 0.6 is 11.6 Å². The minimum atomic E-state index is -4.55. The first kappa shape index (κ1) is 21.9. The van der Waals surface area contributed by atoms with E-state index in [0.29, 0.717) is 0 Å². The van der Waals surface area contributed by atoms with Gasteiger partial charge in [-0.1, -0.05) is 11.6 Å². The zero-order valence-electron chi connectivity index (χ0n) is 14.0. The van der Waals surface area contributed by atoms with Crippen molar-refractivity contribution in [1.82, 2.24) is 20.0 Å². The third-order valence-corrected chi connectivity index (χ3v) is 4.81. The van der Waals surface area contributed by atoms with Gasteiger partial charge in [0.05, 0.1) is 5.56 Å². The van der Waals surface area contributed by atoms with E-state index in [-0.39, 0.29) is 28.6 Å². The summed E-state index contributed by atoms with van der Waals surface area (Å²) in [5.74, 6) is -1.10. The molecule has 0 unspecified atom stereocenters. The second kappa shape index (κ2) is 9.17. The smallest absolute Gasteiger partial charge is 0.422 e. The van der Waals surface area contributed by atoms with Gasteiger partial charge < -0.3 is 10.1 Å². The fourth-order valence-electron chi connectivity index (χ4n) is 1.86. The maximum Gasteiger partial charge on any atom is 0.422 e. The van der Waals surface area contributed by atoms with Crippen LogP contribution in [0.15, 0.2) is 41.7 Å². The molecule has 0 spiro atoms. The molecule has 0 radical (unpaired) electrons. The van der Waals surface area contributed by atoms with Crippen LogP contribution in [0, 0.1) is 0 Å². The van der Waals surface area contributed by atoms with Gasteiger partial charge in [0, 0.05) is 31.7 Å². The summed E-state index contributed by atoms with van der Waals surface area (Å²) in [6.45, 7) is -1.72. The molecule has 2 rings (SSSR count). The van der Waals surface area contributed by atoms with Gasteiger partial charge in [0.1, 0.15) is 9.92 Å². The largest absolute Gasteiger partial charge is 0.467 e. The number of carbonyl (C=O) groups excluding carboxylic acids is 1. The van der Waals surface area contributed by atoms with Gasteiger partial charge in [-0.2, -0.15) is 13.2 Å². The van der Waals surface area contributed by atoms with Crippen LogP contribution in [0.2, 0.25) is 5.02 Å². The van der Waals surface area contributed by atoms with Crippen LogP contribution in [0.5, 0.6) is 5.88 Å². The molecule has 0 bridgehead atoms. The van der Waals surface area contributed by atoms with Gasteiger partial charge in [-0.15, -0.1) is 0 Å². The van der Waals surface area contributed by atoms with Crippen LogP contribution in [0.1, 0.15) is 10.4 Å². The lowest BCUT2D eigenvalue weighted by Crippen LogP contribution is -2.34. The molecule has 0 saturated carbocycles. The third-order valence-electron chi connectivity index (χ3n) is 3.09. The van der Waals surface area contributed by atoms with Gasteiger partial charge >= 0.3 is 6.18 Å². The molecule has 2 aromatic rings. The van der Waals surface area contributed by atoms with E-state index in [0.717, 1.165) is 12.3 Å². The average molecular weight is 439 g/mol. The van der Waals surface area contributed by atoms with Crippen molar-refractivity contribution in [3.05, 3.63) is 47.4 Å². The molecular formula is C15H14ClF3N4O4S. The number of nitrogens with one attached hydrogen (secondary N) is 2. The highest BCUT2D eigenvalue weighted by atomic mass is 35.5. The minimum absolute atomic E-state index is 0.0215. The SMILES string of the molecule is O=C(NCCNS(=O)(=O)c1cccnc1)c1cnc(OCC(F)(F)F)c(Cl)c1. The number of aromatic nitrogens is 2. The van der Waals surface area contributed by atoms with Gasteiger partial charge in [0.15, 0.2) is 6.61 Å². The number of alkyl halides is 3. The Balaban J connectivity index is 1.85. The fraction of sp³-hybridized carbons (Fsp3) is 0.267. The van der Waals surface area contributed by atoms with E-state index in [4.69, 9.17) is 11.6 Å². The first-order valence-electron chi connectivity index (χ1n) is 7.61. The summed E-state index contributed by atoms with van der Waals surface area (Å²) in [6.07, 6.45) is -0.953. The van der Waals surface area contributed by atoms with Crippen molar-refractivity contribution >= 4 is 27.5 Å². The Bertz CT molecular complexity index is 927. The summed E-state index contributed by atoms with van der Waals surface area (Å²) in [5, 5.41) is 2.16. The van der Waals surface area contributed by atoms with Gasteiger partial charge in [-0.3, -0.25) is 9.78 Å². The Morgan fingerprint density at radius 3 is 2.61 bits per heavy atom. The van der Waals surface area contributed by atoms with E-state index in [1.54, 1.807) is 0 Å². The predicted octanol–water partition coefficient (Wildman–Crippen LogP) is 1.78. The molecule has 8 nitrogen and oxygen atoms in total. The molecule has 152 valence electrons. The van der Waals surface area contributed by atoms with E-state index in [1.165, 1.54) is 24.5 Å². The molecule has 2 aromatic heterocycles. The normalized spacial score (nSPS) is 11.9. The second-order valence-electron chi connectivity index (χ2n) is 5.26. The van der Waals surface area contributed by atoms with Gasteiger partial charge in [-0.05, 0) is 18.2 Å². The van der Waals surface area contributed by atoms with Crippen molar-refractivity contribution in [2.75, 3.05) is 19.7 Å². The summed E-state index contributed by atoms with van der Waals surface area (Å²) in [4.78, 5) is 19.3. The van der Waals surface area contributed by atoms with Crippen molar-refractivity contribution < 1.29 is 31.1 Å². The Morgan fingerprint density at radius 1 is 1.25 bits per heavy atom. The summed E-state index contributed by atoms with van der Waals surface area (Å²) in [6, 6.07) is 3.93.